The molecule has 0 heterocycles. The summed E-state index contributed by atoms with van der Waals surface area (Å²) in [5, 5.41) is 0. The molecule has 0 aliphatic heterocycles. The summed E-state index contributed by atoms with van der Waals surface area (Å²) >= 11 is 0. The summed E-state index contributed by atoms with van der Waals surface area (Å²) in [7, 11) is 0. The van der Waals surface area contributed by atoms with Gasteiger partial charge in [-0.1, -0.05) is 13.8 Å². The molecule has 0 spiro atoms. The number of aldehydes is 1. The van der Waals surface area contributed by atoms with Crippen molar-refractivity contribution in [1.82, 2.24) is 0 Å². The number of carbonyl (C=O) groups excluding carboxylic acids is 1. The van der Waals surface area contributed by atoms with E-state index in [0.717, 1.165) is 6.29 Å². The van der Waals surface area contributed by atoms with Crippen molar-refractivity contribution in [2.45, 2.75) is 13.8 Å². The second-order valence-corrected chi connectivity index (χ2v) is 1.38. The van der Waals surface area contributed by atoms with Crippen LogP contribution in [0, 0.1) is 5.92 Å². The summed E-state index contributed by atoms with van der Waals surface area (Å²) in [6, 6.07) is 0. The van der Waals surface area contributed by atoms with E-state index in [2.05, 4.69) is 0 Å². The van der Waals surface area contributed by atoms with Crippen molar-refractivity contribution in [3.63, 3.8) is 0 Å². The van der Waals surface area contributed by atoms with E-state index in [1.54, 1.807) is 0 Å². The van der Waals surface area contributed by atoms with Crippen LogP contribution < -0.4 is 0 Å². The Morgan fingerprint density at radius 3 is 1.67 bits per heavy atom. The second kappa shape index (κ2) is 5.27. The number of hydrogen-bond acceptors (Lipinski definition) is 1. The Kier molecular flexibility index (Phi) is 8.38. The molecule has 0 saturated heterocycles. The third kappa shape index (κ3) is 8.86. The van der Waals surface area contributed by atoms with Crippen LogP contribution in [0.2, 0.25) is 0 Å². The Hall–Kier alpha value is 0.267. The molecule has 0 fully saturated rings. The summed E-state index contributed by atoms with van der Waals surface area (Å²) in [6.07, 6.45) is 0.917. The van der Waals surface area contributed by atoms with Crippen molar-refractivity contribution in [1.29, 1.82) is 0 Å². The molecule has 0 amide bonds. The number of carbonyl (C=O) groups is 1. The van der Waals surface area contributed by atoms with Crippen LogP contribution in [0.1, 0.15) is 13.8 Å². The molecular weight excluding hydrogens is 71.0 g/mol. The van der Waals surface area contributed by atoms with E-state index in [1.807, 2.05) is 13.8 Å². The zero-order valence-electron chi connectivity index (χ0n) is 3.56. The van der Waals surface area contributed by atoms with Gasteiger partial charge in [-0.15, -0.1) is 0 Å². The monoisotopic (exact) mass is 80.1 g/mol. The first-order chi connectivity index (χ1) is 2.27. The summed E-state index contributed by atoms with van der Waals surface area (Å²) in [6.45, 7) is 3.71. The van der Waals surface area contributed by atoms with Gasteiger partial charge in [-0.05, 0) is 0 Å². The van der Waals surface area contributed by atoms with Gasteiger partial charge in [0, 0.05) is 5.92 Å². The summed E-state index contributed by atoms with van der Waals surface area (Å²) < 4.78 is 0. The van der Waals surface area contributed by atoms with Gasteiger partial charge in [0.2, 0.25) is 0 Å². The summed E-state index contributed by atoms with van der Waals surface area (Å²) in [4.78, 5) is 9.50. The Morgan fingerprint density at radius 2 is 1.67 bits per heavy atom. The average molecular weight is 80.1 g/mol. The summed E-state index contributed by atoms with van der Waals surface area (Å²) in [5.74, 6) is 0.204. The van der Waals surface area contributed by atoms with Gasteiger partial charge in [0.25, 0.3) is 0 Å². The van der Waals surface area contributed by atoms with Gasteiger partial charge in [-0.2, -0.15) is 0 Å². The van der Waals surface area contributed by atoms with E-state index >= 15 is 0 Å². The molecule has 0 atom stereocenters. The van der Waals surface area contributed by atoms with Crippen molar-refractivity contribution in [2.75, 3.05) is 0 Å². The summed E-state index contributed by atoms with van der Waals surface area (Å²) in [5.41, 5.74) is 0. The van der Waals surface area contributed by atoms with Crippen molar-refractivity contribution in [3.05, 3.63) is 0 Å². The first kappa shape index (κ1) is 9.55. The Labute approximate surface area is 50.3 Å². The Bertz CT molecular complexity index is 34.5. The van der Waals surface area contributed by atoms with Crippen LogP contribution >= 0.6 is 0 Å². The van der Waals surface area contributed by atoms with E-state index in [9.17, 15) is 4.79 Å². The molecule has 0 radical (unpaired) electrons. The minimum atomic E-state index is 0. The van der Waals surface area contributed by atoms with Crippen LogP contribution in [0.3, 0.4) is 0 Å². The molecular formula is C4H9LiO. The van der Waals surface area contributed by atoms with Crippen LogP contribution in [0.15, 0.2) is 0 Å². The van der Waals surface area contributed by atoms with Crippen LogP contribution in [0.25, 0.3) is 0 Å². The molecule has 0 bridgehead atoms. The normalized spacial score (nSPS) is 7.17. The van der Waals surface area contributed by atoms with E-state index in [1.165, 1.54) is 0 Å². The van der Waals surface area contributed by atoms with Gasteiger partial charge < -0.3 is 4.79 Å². The zero-order valence-corrected chi connectivity index (χ0v) is 3.56. The van der Waals surface area contributed by atoms with Crippen molar-refractivity contribution < 1.29 is 4.79 Å². The quantitative estimate of drug-likeness (QED) is 0.324. The molecule has 32 valence electrons. The topological polar surface area (TPSA) is 17.1 Å². The van der Waals surface area contributed by atoms with E-state index in [0.29, 0.717) is 0 Å². The van der Waals surface area contributed by atoms with Gasteiger partial charge in [-0.3, -0.25) is 0 Å². The number of hydrogen-bond donors (Lipinski definition) is 0. The van der Waals surface area contributed by atoms with Crippen LogP contribution in [-0.4, -0.2) is 25.1 Å². The van der Waals surface area contributed by atoms with E-state index in [4.69, 9.17) is 0 Å². The Morgan fingerprint density at radius 1 is 1.50 bits per heavy atom. The molecule has 0 aliphatic carbocycles. The first-order valence-electron chi connectivity index (χ1n) is 1.72. The fourth-order valence-electron chi connectivity index (χ4n) is 0. The van der Waals surface area contributed by atoms with Crippen LogP contribution in [0.5, 0.6) is 0 Å². The maximum absolute atomic E-state index is 9.50. The van der Waals surface area contributed by atoms with Gasteiger partial charge in [0.1, 0.15) is 6.29 Å². The first-order valence-corrected chi connectivity index (χ1v) is 1.72. The SMILES string of the molecule is CC(C)C=O.[LiH]. The molecule has 0 aliphatic rings. The minimum absolute atomic E-state index is 0. The van der Waals surface area contributed by atoms with Crippen molar-refractivity contribution in [2.24, 2.45) is 5.92 Å². The van der Waals surface area contributed by atoms with Gasteiger partial charge >= 0.3 is 18.9 Å². The van der Waals surface area contributed by atoms with Gasteiger partial charge in [0.15, 0.2) is 0 Å². The number of rotatable bonds is 1. The van der Waals surface area contributed by atoms with Gasteiger partial charge in [0.05, 0.1) is 0 Å². The predicted molar refractivity (Wildman–Crippen MR) is 28.1 cm³/mol. The van der Waals surface area contributed by atoms with E-state index < -0.39 is 0 Å². The molecule has 0 saturated carbocycles. The van der Waals surface area contributed by atoms with Crippen LogP contribution in [-0.2, 0) is 4.79 Å². The fraction of sp³-hybridized carbons (Fsp3) is 0.750. The third-order valence-electron chi connectivity index (χ3n) is 0.272. The second-order valence-electron chi connectivity index (χ2n) is 1.38. The molecule has 0 aromatic carbocycles. The Balaban J connectivity index is 0. The third-order valence-corrected chi connectivity index (χ3v) is 0.272. The van der Waals surface area contributed by atoms with Crippen molar-refractivity contribution >= 4 is 25.1 Å². The molecule has 0 N–H and O–H groups in total. The van der Waals surface area contributed by atoms with Crippen molar-refractivity contribution in [3.8, 4) is 0 Å². The average Bonchev–Trinajstić information content (AvgIpc) is 1.38. The molecule has 0 unspecified atom stereocenters. The molecule has 0 aromatic heterocycles. The molecule has 1 nitrogen and oxygen atoms in total. The zero-order chi connectivity index (χ0) is 4.28. The van der Waals surface area contributed by atoms with Gasteiger partial charge in [-0.25, -0.2) is 0 Å². The fourth-order valence-corrected chi connectivity index (χ4v) is 0. The molecule has 0 aromatic rings. The molecule has 0 rings (SSSR count). The predicted octanol–water partition coefficient (Wildman–Crippen LogP) is 0.193. The standard InChI is InChI=1S/C4H8O.Li.H/c1-4(2)3-5;;/h3-4H,1-2H3;;. The van der Waals surface area contributed by atoms with E-state index in [-0.39, 0.29) is 24.8 Å². The molecule has 2 heteroatoms. The molecule has 6 heavy (non-hydrogen) atoms. The maximum atomic E-state index is 9.50. The van der Waals surface area contributed by atoms with Crippen LogP contribution in [0.4, 0.5) is 0 Å².